The van der Waals surface area contributed by atoms with Crippen LogP contribution in [0.1, 0.15) is 0 Å². The highest BCUT2D eigenvalue weighted by Gasteiger charge is 2.19. The van der Waals surface area contributed by atoms with Gasteiger partial charge >= 0.3 is 0 Å². The van der Waals surface area contributed by atoms with Gasteiger partial charge in [0.2, 0.25) is 5.95 Å². The lowest BCUT2D eigenvalue weighted by molar-refractivity contribution is 0.641. The lowest BCUT2D eigenvalue weighted by Gasteiger charge is -2.36. The monoisotopic (exact) mass is 290 g/mol. The van der Waals surface area contributed by atoms with Crippen LogP contribution in [0.25, 0.3) is 0 Å². The Morgan fingerprint density at radius 3 is 2.30 bits per heavy atom. The van der Waals surface area contributed by atoms with Gasteiger partial charge in [-0.2, -0.15) is 4.98 Å². The van der Waals surface area contributed by atoms with Crippen LogP contribution in [-0.2, 0) is 0 Å². The van der Waals surface area contributed by atoms with Crippen LogP contribution in [0.15, 0.2) is 30.5 Å². The molecule has 0 unspecified atom stereocenters. The first kappa shape index (κ1) is 12.9. The Morgan fingerprint density at radius 1 is 1.00 bits per heavy atom. The van der Waals surface area contributed by atoms with E-state index in [-0.39, 0.29) is 5.95 Å². The van der Waals surface area contributed by atoms with Gasteiger partial charge in [0, 0.05) is 38.4 Å². The van der Waals surface area contributed by atoms with Crippen molar-refractivity contribution in [3.8, 4) is 0 Å². The summed E-state index contributed by atoms with van der Waals surface area (Å²) in [5.41, 5.74) is 5.63. The summed E-state index contributed by atoms with van der Waals surface area (Å²) in [6.45, 7) is 3.48. The van der Waals surface area contributed by atoms with E-state index in [9.17, 15) is 0 Å². The fourth-order valence-electron chi connectivity index (χ4n) is 2.29. The maximum absolute atomic E-state index is 5.92. The summed E-state index contributed by atoms with van der Waals surface area (Å²) in [5, 5.41) is 0.375. The number of piperazine rings is 1. The minimum atomic E-state index is 0.208. The molecule has 7 heteroatoms. The summed E-state index contributed by atoms with van der Waals surface area (Å²) < 4.78 is 0. The fourth-order valence-corrected chi connectivity index (χ4v) is 2.47. The summed E-state index contributed by atoms with van der Waals surface area (Å²) in [4.78, 5) is 16.9. The average Bonchev–Trinajstić information content (AvgIpc) is 2.47. The highest BCUT2D eigenvalue weighted by Crippen LogP contribution is 2.20. The molecule has 20 heavy (non-hydrogen) atoms. The molecule has 0 bridgehead atoms. The number of pyridine rings is 1. The summed E-state index contributed by atoms with van der Waals surface area (Å²) in [7, 11) is 0. The van der Waals surface area contributed by atoms with Crippen LogP contribution in [0.4, 0.5) is 17.6 Å². The van der Waals surface area contributed by atoms with E-state index in [4.69, 9.17) is 17.3 Å². The number of anilines is 3. The van der Waals surface area contributed by atoms with Gasteiger partial charge in [-0.1, -0.05) is 17.7 Å². The van der Waals surface area contributed by atoms with Gasteiger partial charge in [-0.25, -0.2) is 9.97 Å². The molecule has 0 spiro atoms. The van der Waals surface area contributed by atoms with Gasteiger partial charge in [0.15, 0.2) is 0 Å². The predicted molar refractivity (Wildman–Crippen MR) is 80.1 cm³/mol. The molecular formula is C13H15ClN6. The molecule has 2 aromatic rings. The second kappa shape index (κ2) is 5.50. The van der Waals surface area contributed by atoms with Crippen LogP contribution < -0.4 is 15.5 Å². The van der Waals surface area contributed by atoms with Gasteiger partial charge in [0.25, 0.3) is 0 Å². The van der Waals surface area contributed by atoms with E-state index in [0.717, 1.165) is 37.8 Å². The zero-order chi connectivity index (χ0) is 13.9. The van der Waals surface area contributed by atoms with E-state index in [1.54, 1.807) is 6.07 Å². The number of halogens is 1. The minimum Gasteiger partial charge on any atom is -0.368 e. The smallest absolute Gasteiger partial charge is 0.223 e. The zero-order valence-electron chi connectivity index (χ0n) is 10.9. The first-order valence-electron chi connectivity index (χ1n) is 6.43. The largest absolute Gasteiger partial charge is 0.368 e. The Kier molecular flexibility index (Phi) is 3.56. The Bertz CT molecular complexity index is 562. The molecule has 2 aromatic heterocycles. The number of hydrogen-bond donors (Lipinski definition) is 1. The molecular weight excluding hydrogens is 276 g/mol. The summed E-state index contributed by atoms with van der Waals surface area (Å²) in [6, 6.07) is 7.69. The molecule has 1 saturated heterocycles. The van der Waals surface area contributed by atoms with Crippen LogP contribution >= 0.6 is 11.6 Å². The van der Waals surface area contributed by atoms with Gasteiger partial charge in [-0.05, 0) is 12.1 Å². The average molecular weight is 291 g/mol. The molecule has 104 valence electrons. The quantitative estimate of drug-likeness (QED) is 0.844. The van der Waals surface area contributed by atoms with Gasteiger partial charge in [0.05, 0.1) is 0 Å². The van der Waals surface area contributed by atoms with Crippen molar-refractivity contribution in [3.05, 3.63) is 35.6 Å². The van der Waals surface area contributed by atoms with Crippen molar-refractivity contribution in [1.29, 1.82) is 0 Å². The van der Waals surface area contributed by atoms with Crippen LogP contribution in [0.5, 0.6) is 0 Å². The molecule has 0 amide bonds. The molecule has 0 aliphatic carbocycles. The third-order valence-electron chi connectivity index (χ3n) is 3.28. The number of nitrogen functional groups attached to an aromatic ring is 1. The second-order valence-corrected chi connectivity index (χ2v) is 4.96. The molecule has 0 saturated carbocycles. The first-order valence-corrected chi connectivity index (χ1v) is 6.81. The first-order chi connectivity index (χ1) is 9.72. The fraction of sp³-hybridized carbons (Fsp3) is 0.308. The van der Waals surface area contributed by atoms with Crippen LogP contribution in [-0.4, -0.2) is 41.1 Å². The standard InChI is InChI=1S/C13H15ClN6/c14-10-9-12(18-13(15)17-10)20-7-5-19(6-8-20)11-3-1-2-4-16-11/h1-4,9H,5-8H2,(H2,15,17,18). The predicted octanol–water partition coefficient (Wildman–Crippen LogP) is 1.43. The Hall–Kier alpha value is -2.08. The molecule has 0 aromatic carbocycles. The third-order valence-corrected chi connectivity index (χ3v) is 3.47. The molecule has 2 N–H and O–H groups in total. The number of hydrogen-bond acceptors (Lipinski definition) is 6. The minimum absolute atomic E-state index is 0.208. The molecule has 0 radical (unpaired) electrons. The zero-order valence-corrected chi connectivity index (χ0v) is 11.7. The molecule has 0 atom stereocenters. The maximum atomic E-state index is 5.92. The van der Waals surface area contributed by atoms with E-state index in [2.05, 4.69) is 24.8 Å². The van der Waals surface area contributed by atoms with Crippen molar-refractivity contribution in [2.45, 2.75) is 0 Å². The van der Waals surface area contributed by atoms with Crippen LogP contribution in [0.2, 0.25) is 5.15 Å². The molecule has 6 nitrogen and oxygen atoms in total. The Balaban J connectivity index is 1.69. The van der Waals surface area contributed by atoms with Gasteiger partial charge < -0.3 is 15.5 Å². The van der Waals surface area contributed by atoms with Crippen molar-refractivity contribution in [3.63, 3.8) is 0 Å². The lowest BCUT2D eigenvalue weighted by atomic mass is 10.3. The van der Waals surface area contributed by atoms with Crippen molar-refractivity contribution in [1.82, 2.24) is 15.0 Å². The highest BCUT2D eigenvalue weighted by atomic mass is 35.5. The highest BCUT2D eigenvalue weighted by molar-refractivity contribution is 6.29. The van der Waals surface area contributed by atoms with Crippen molar-refractivity contribution >= 4 is 29.2 Å². The normalized spacial score (nSPS) is 15.4. The SMILES string of the molecule is Nc1nc(Cl)cc(N2CCN(c3ccccn3)CC2)n1. The van der Waals surface area contributed by atoms with E-state index in [1.165, 1.54) is 0 Å². The molecule has 1 aliphatic rings. The van der Waals surface area contributed by atoms with E-state index in [0.29, 0.717) is 5.15 Å². The van der Waals surface area contributed by atoms with Crippen molar-refractivity contribution in [2.24, 2.45) is 0 Å². The van der Waals surface area contributed by atoms with E-state index in [1.807, 2.05) is 24.4 Å². The topological polar surface area (TPSA) is 71.2 Å². The third kappa shape index (κ3) is 2.75. The van der Waals surface area contributed by atoms with Crippen molar-refractivity contribution < 1.29 is 0 Å². The van der Waals surface area contributed by atoms with Gasteiger partial charge in [0.1, 0.15) is 16.8 Å². The van der Waals surface area contributed by atoms with E-state index < -0.39 is 0 Å². The molecule has 1 fully saturated rings. The number of rotatable bonds is 2. The Labute approximate surface area is 122 Å². The summed E-state index contributed by atoms with van der Waals surface area (Å²) >= 11 is 5.92. The van der Waals surface area contributed by atoms with Crippen LogP contribution in [0, 0.1) is 0 Å². The number of nitrogens with two attached hydrogens (primary N) is 1. The van der Waals surface area contributed by atoms with Crippen molar-refractivity contribution in [2.75, 3.05) is 41.7 Å². The number of nitrogens with zero attached hydrogens (tertiary/aromatic N) is 5. The lowest BCUT2D eigenvalue weighted by Crippen LogP contribution is -2.47. The van der Waals surface area contributed by atoms with E-state index >= 15 is 0 Å². The second-order valence-electron chi connectivity index (χ2n) is 4.57. The Morgan fingerprint density at radius 2 is 1.70 bits per heavy atom. The maximum Gasteiger partial charge on any atom is 0.223 e. The van der Waals surface area contributed by atoms with Crippen LogP contribution in [0.3, 0.4) is 0 Å². The number of aromatic nitrogens is 3. The molecule has 1 aliphatic heterocycles. The molecule has 3 rings (SSSR count). The molecule has 3 heterocycles. The summed E-state index contributed by atoms with van der Waals surface area (Å²) in [6.07, 6.45) is 1.81. The van der Waals surface area contributed by atoms with Gasteiger partial charge in [-0.3, -0.25) is 0 Å². The summed E-state index contributed by atoms with van der Waals surface area (Å²) in [5.74, 6) is 2.00. The van der Waals surface area contributed by atoms with Gasteiger partial charge in [-0.15, -0.1) is 0 Å².